The normalized spacial score (nSPS) is 13.6. The zero-order valence-corrected chi connectivity index (χ0v) is 37.5. The van der Waals surface area contributed by atoms with Crippen LogP contribution in [0.15, 0.2) is 126 Å². The van der Waals surface area contributed by atoms with Crippen molar-refractivity contribution in [3.05, 3.63) is 161 Å². The van der Waals surface area contributed by atoms with E-state index in [4.69, 9.17) is 4.42 Å². The number of nitriles is 1. The van der Waals surface area contributed by atoms with Crippen molar-refractivity contribution in [1.29, 1.82) is 5.26 Å². The van der Waals surface area contributed by atoms with Crippen molar-refractivity contribution in [2.24, 2.45) is 0 Å². The standard InChI is InChI=1S/C58H52N4O/c1-35(2)55-43(29-30-60-46-18-12-9-15-39(46)40-16-10-13-19-47(40)60)54-51(28-24-42-41-17-11-14-20-53(41)63-56(42)54)62(55)50-25-21-36(34-59)31-52(50)61-48-26-22-37(57(3,4)5)32-44(48)45-33-38(58(6,7)8)23-27-49(45)61/h9-10,12-16,18-33,35H,11,17H2,1-8H3/b30-29+. The van der Waals surface area contributed by atoms with Gasteiger partial charge in [0.25, 0.3) is 0 Å². The van der Waals surface area contributed by atoms with Crippen LogP contribution in [0.4, 0.5) is 0 Å². The SMILES string of the molecule is CC(C)c1c(/C=C/n2c3ccccc3c3ccccc32)c2c3oc4c(c3ccc2n1-c1ccc(C#N)cc1-n1c2ccc(C(C)(C)C)cc2c2cc(C(C)(C)C)ccc21)CCC=C4. The molecule has 1 aliphatic carbocycles. The molecule has 10 aromatic rings. The summed E-state index contributed by atoms with van der Waals surface area (Å²) >= 11 is 0. The Morgan fingerprint density at radius 3 is 1.86 bits per heavy atom. The third-order valence-corrected chi connectivity index (χ3v) is 13.5. The second-order valence-electron chi connectivity index (χ2n) is 19.8. The predicted molar refractivity (Wildman–Crippen MR) is 266 cm³/mol. The highest BCUT2D eigenvalue weighted by molar-refractivity contribution is 6.14. The molecule has 4 heterocycles. The van der Waals surface area contributed by atoms with Gasteiger partial charge in [0.15, 0.2) is 0 Å². The number of fused-ring (bicyclic) bond motifs is 11. The molecule has 0 radical (unpaired) electrons. The van der Waals surface area contributed by atoms with Gasteiger partial charge in [-0.1, -0.05) is 110 Å². The molecule has 5 nitrogen and oxygen atoms in total. The van der Waals surface area contributed by atoms with Crippen LogP contribution >= 0.6 is 0 Å². The van der Waals surface area contributed by atoms with E-state index < -0.39 is 0 Å². The van der Waals surface area contributed by atoms with E-state index in [9.17, 15) is 5.26 Å². The number of benzene rings is 6. The zero-order valence-electron chi connectivity index (χ0n) is 37.5. The first-order valence-electron chi connectivity index (χ1n) is 22.4. The molecule has 310 valence electrons. The van der Waals surface area contributed by atoms with E-state index >= 15 is 0 Å². The van der Waals surface area contributed by atoms with Crippen LogP contribution < -0.4 is 0 Å². The monoisotopic (exact) mass is 820 g/mol. The molecule has 5 heteroatoms. The Morgan fingerprint density at radius 1 is 0.635 bits per heavy atom. The molecule has 0 aliphatic heterocycles. The fourth-order valence-corrected chi connectivity index (χ4v) is 10.3. The van der Waals surface area contributed by atoms with Gasteiger partial charge in [0, 0.05) is 50.0 Å². The molecule has 6 aromatic carbocycles. The lowest BCUT2D eigenvalue weighted by atomic mass is 9.85. The number of hydrogen-bond acceptors (Lipinski definition) is 2. The van der Waals surface area contributed by atoms with Crippen LogP contribution in [0.2, 0.25) is 0 Å². The van der Waals surface area contributed by atoms with Crippen molar-refractivity contribution in [3.63, 3.8) is 0 Å². The second kappa shape index (κ2) is 14.0. The first-order valence-corrected chi connectivity index (χ1v) is 22.4. The van der Waals surface area contributed by atoms with Crippen LogP contribution in [-0.2, 0) is 17.3 Å². The van der Waals surface area contributed by atoms with Gasteiger partial charge in [-0.05, 0) is 120 Å². The minimum absolute atomic E-state index is 0.0261. The first-order chi connectivity index (χ1) is 30.3. The lowest BCUT2D eigenvalue weighted by molar-refractivity contribution is 0.590. The van der Waals surface area contributed by atoms with Gasteiger partial charge in [-0.15, -0.1) is 0 Å². The number of furan rings is 1. The van der Waals surface area contributed by atoms with Gasteiger partial charge < -0.3 is 18.1 Å². The Labute approximate surface area is 368 Å². The van der Waals surface area contributed by atoms with Crippen LogP contribution in [0.25, 0.3) is 95.2 Å². The topological polar surface area (TPSA) is 51.7 Å². The minimum Gasteiger partial charge on any atom is -0.456 e. The van der Waals surface area contributed by atoms with Crippen molar-refractivity contribution < 1.29 is 4.42 Å². The van der Waals surface area contributed by atoms with E-state index in [0.717, 1.165) is 63.1 Å². The molecule has 0 atom stereocenters. The van der Waals surface area contributed by atoms with Crippen LogP contribution in [0, 0.1) is 11.3 Å². The van der Waals surface area contributed by atoms with Gasteiger partial charge in [0.05, 0.1) is 56.0 Å². The van der Waals surface area contributed by atoms with Gasteiger partial charge in [-0.25, -0.2) is 0 Å². The zero-order chi connectivity index (χ0) is 43.5. The number of rotatable bonds is 5. The molecule has 0 saturated heterocycles. The van der Waals surface area contributed by atoms with E-state index in [0.29, 0.717) is 5.56 Å². The van der Waals surface area contributed by atoms with Gasteiger partial charge in [-0.3, -0.25) is 0 Å². The van der Waals surface area contributed by atoms with E-state index in [1.54, 1.807) is 0 Å². The number of hydrogen-bond donors (Lipinski definition) is 0. The number of allylic oxidation sites excluding steroid dienone is 1. The summed E-state index contributed by atoms with van der Waals surface area (Å²) < 4.78 is 14.1. The van der Waals surface area contributed by atoms with Gasteiger partial charge in [0.2, 0.25) is 0 Å². The van der Waals surface area contributed by atoms with Crippen molar-refractivity contribution in [3.8, 4) is 17.4 Å². The fraction of sp³-hybridized carbons (Fsp3) is 0.224. The Hall–Kier alpha value is -7.03. The minimum atomic E-state index is -0.0261. The summed E-state index contributed by atoms with van der Waals surface area (Å²) in [5.41, 5.74) is 15.2. The third kappa shape index (κ3) is 5.95. The number of aromatic nitrogens is 3. The molecule has 63 heavy (non-hydrogen) atoms. The highest BCUT2D eigenvalue weighted by Crippen LogP contribution is 2.45. The maximum absolute atomic E-state index is 10.5. The Kier molecular flexibility index (Phi) is 8.63. The maximum Gasteiger partial charge on any atom is 0.145 e. The number of aryl methyl sites for hydroxylation is 1. The Morgan fingerprint density at radius 2 is 1.25 bits per heavy atom. The van der Waals surface area contributed by atoms with Crippen molar-refractivity contribution >= 4 is 83.8 Å². The number of para-hydroxylation sites is 2. The van der Waals surface area contributed by atoms with E-state index in [1.165, 1.54) is 60.3 Å². The quantitative estimate of drug-likeness (QED) is 0.174. The van der Waals surface area contributed by atoms with E-state index in [-0.39, 0.29) is 16.7 Å². The summed E-state index contributed by atoms with van der Waals surface area (Å²) in [7, 11) is 0. The van der Waals surface area contributed by atoms with Crippen LogP contribution in [0.1, 0.15) is 107 Å². The summed E-state index contributed by atoms with van der Waals surface area (Å²) in [5, 5.41) is 17.7. The lowest BCUT2D eigenvalue weighted by Gasteiger charge is -2.21. The Balaban J connectivity index is 1.26. The van der Waals surface area contributed by atoms with E-state index in [2.05, 4.69) is 209 Å². The largest absolute Gasteiger partial charge is 0.456 e. The van der Waals surface area contributed by atoms with Crippen molar-refractivity contribution in [2.75, 3.05) is 0 Å². The number of nitrogens with zero attached hydrogens (tertiary/aromatic N) is 4. The Bertz CT molecular complexity index is 3500. The molecule has 1 aliphatic rings. The summed E-state index contributed by atoms with van der Waals surface area (Å²) in [6.45, 7) is 18.3. The molecular weight excluding hydrogens is 769 g/mol. The highest BCUT2D eigenvalue weighted by Gasteiger charge is 2.28. The van der Waals surface area contributed by atoms with Crippen molar-refractivity contribution in [1.82, 2.24) is 13.7 Å². The molecule has 0 saturated carbocycles. The van der Waals surface area contributed by atoms with Crippen LogP contribution in [0.5, 0.6) is 0 Å². The van der Waals surface area contributed by atoms with E-state index in [1.807, 2.05) is 6.07 Å². The predicted octanol–water partition coefficient (Wildman–Crippen LogP) is 15.8. The molecule has 0 amide bonds. The maximum atomic E-state index is 10.5. The second-order valence-corrected chi connectivity index (χ2v) is 19.8. The average Bonchev–Trinajstić information content (AvgIpc) is 4.01. The van der Waals surface area contributed by atoms with Crippen LogP contribution in [-0.4, -0.2) is 13.7 Å². The molecule has 0 N–H and O–H groups in total. The molecule has 11 rings (SSSR count). The van der Waals surface area contributed by atoms with Gasteiger partial charge in [-0.2, -0.15) is 5.26 Å². The molecule has 4 aromatic heterocycles. The van der Waals surface area contributed by atoms with Gasteiger partial charge >= 0.3 is 0 Å². The molecule has 0 fully saturated rings. The summed E-state index contributed by atoms with van der Waals surface area (Å²) in [6, 6.07) is 44.5. The first kappa shape index (κ1) is 38.9. The lowest BCUT2D eigenvalue weighted by Crippen LogP contribution is -2.11. The molecular formula is C58H52N4O. The van der Waals surface area contributed by atoms with Crippen LogP contribution in [0.3, 0.4) is 0 Å². The third-order valence-electron chi connectivity index (χ3n) is 13.5. The summed E-state index contributed by atoms with van der Waals surface area (Å²) in [6.07, 6.45) is 10.9. The van der Waals surface area contributed by atoms with Crippen molar-refractivity contribution in [2.45, 2.75) is 85.0 Å². The molecule has 0 unspecified atom stereocenters. The highest BCUT2D eigenvalue weighted by atomic mass is 16.3. The summed E-state index contributed by atoms with van der Waals surface area (Å²) in [4.78, 5) is 0. The fourth-order valence-electron chi connectivity index (χ4n) is 10.3. The average molecular weight is 821 g/mol. The van der Waals surface area contributed by atoms with Gasteiger partial charge in [0.1, 0.15) is 11.3 Å². The summed E-state index contributed by atoms with van der Waals surface area (Å²) in [5.74, 6) is 1.06. The smallest absolute Gasteiger partial charge is 0.145 e. The molecule has 0 bridgehead atoms. The molecule has 0 spiro atoms.